The summed E-state index contributed by atoms with van der Waals surface area (Å²) in [5.74, 6) is 1.44. The smallest absolute Gasteiger partial charge is 0.136 e. The summed E-state index contributed by atoms with van der Waals surface area (Å²) < 4.78 is 5.12. The average Bonchev–Trinajstić information content (AvgIpc) is 2.27. The number of hydrogen-bond acceptors (Lipinski definition) is 2. The van der Waals surface area contributed by atoms with Gasteiger partial charge in [-0.3, -0.25) is 4.79 Å². The third kappa shape index (κ3) is 3.94. The van der Waals surface area contributed by atoms with Gasteiger partial charge in [0.2, 0.25) is 0 Å². The monoisotopic (exact) mass is 212 g/mol. The first-order valence-electron chi connectivity index (χ1n) is 6.31. The molecule has 1 fully saturated rings. The van der Waals surface area contributed by atoms with Crippen LogP contribution in [0.1, 0.15) is 51.9 Å². The van der Waals surface area contributed by atoms with E-state index in [9.17, 15) is 4.79 Å². The second-order valence-corrected chi connectivity index (χ2v) is 4.65. The maximum absolute atomic E-state index is 11.9. The fraction of sp³-hybridized carbons (Fsp3) is 0.923. The molecular formula is C13H24O2. The minimum atomic E-state index is 0.342. The predicted molar refractivity (Wildman–Crippen MR) is 61.9 cm³/mol. The Bertz CT molecular complexity index is 189. The standard InChI is InChI=1S/C13H24O2/c1-3-6-13(14)12-8-5-4-7-11(12)9-10-15-2/h11-12H,3-10H2,1-2H3. The molecule has 1 rings (SSSR count). The number of rotatable bonds is 6. The third-order valence-electron chi connectivity index (χ3n) is 3.51. The van der Waals surface area contributed by atoms with E-state index in [1.807, 2.05) is 0 Å². The number of ketones is 1. The van der Waals surface area contributed by atoms with Crippen LogP contribution in [0.2, 0.25) is 0 Å². The molecule has 0 saturated heterocycles. The molecule has 0 aromatic carbocycles. The Hall–Kier alpha value is -0.370. The Morgan fingerprint density at radius 1 is 1.33 bits per heavy atom. The molecule has 0 heterocycles. The van der Waals surface area contributed by atoms with Crippen LogP contribution in [0.4, 0.5) is 0 Å². The van der Waals surface area contributed by atoms with Crippen LogP contribution in [0.25, 0.3) is 0 Å². The number of methoxy groups -OCH3 is 1. The maximum atomic E-state index is 11.9. The van der Waals surface area contributed by atoms with Crippen molar-refractivity contribution in [3.63, 3.8) is 0 Å². The van der Waals surface area contributed by atoms with E-state index in [0.717, 1.165) is 32.3 Å². The summed E-state index contributed by atoms with van der Waals surface area (Å²) in [6, 6.07) is 0. The second-order valence-electron chi connectivity index (χ2n) is 4.65. The first-order valence-corrected chi connectivity index (χ1v) is 6.31. The molecule has 0 aromatic heterocycles. The van der Waals surface area contributed by atoms with Crippen molar-refractivity contribution in [2.24, 2.45) is 11.8 Å². The Morgan fingerprint density at radius 2 is 2.07 bits per heavy atom. The molecule has 88 valence electrons. The summed E-state index contributed by atoms with van der Waals surface area (Å²) in [7, 11) is 1.74. The van der Waals surface area contributed by atoms with E-state index < -0.39 is 0 Å². The molecule has 1 aliphatic rings. The van der Waals surface area contributed by atoms with Crippen molar-refractivity contribution in [2.45, 2.75) is 51.9 Å². The molecule has 0 aromatic rings. The van der Waals surface area contributed by atoms with Crippen LogP contribution in [0.3, 0.4) is 0 Å². The van der Waals surface area contributed by atoms with Gasteiger partial charge in [-0.15, -0.1) is 0 Å². The number of hydrogen-bond donors (Lipinski definition) is 0. The summed E-state index contributed by atoms with van der Waals surface area (Å²) in [6.45, 7) is 2.89. The first kappa shape index (κ1) is 12.7. The van der Waals surface area contributed by atoms with E-state index in [2.05, 4.69) is 6.92 Å². The van der Waals surface area contributed by atoms with Gasteiger partial charge in [-0.1, -0.05) is 19.8 Å². The highest BCUT2D eigenvalue weighted by Crippen LogP contribution is 2.33. The van der Waals surface area contributed by atoms with Crippen molar-refractivity contribution in [2.75, 3.05) is 13.7 Å². The van der Waals surface area contributed by atoms with Crippen LogP contribution < -0.4 is 0 Å². The van der Waals surface area contributed by atoms with Crippen LogP contribution in [-0.4, -0.2) is 19.5 Å². The maximum Gasteiger partial charge on any atom is 0.136 e. The molecule has 2 nitrogen and oxygen atoms in total. The van der Waals surface area contributed by atoms with Crippen LogP contribution >= 0.6 is 0 Å². The Morgan fingerprint density at radius 3 is 2.73 bits per heavy atom. The lowest BCUT2D eigenvalue weighted by Crippen LogP contribution is -2.28. The van der Waals surface area contributed by atoms with E-state index in [-0.39, 0.29) is 0 Å². The Balaban J connectivity index is 2.45. The van der Waals surface area contributed by atoms with Gasteiger partial charge < -0.3 is 4.74 Å². The largest absolute Gasteiger partial charge is 0.385 e. The van der Waals surface area contributed by atoms with E-state index in [0.29, 0.717) is 17.6 Å². The lowest BCUT2D eigenvalue weighted by atomic mass is 9.74. The lowest BCUT2D eigenvalue weighted by molar-refractivity contribution is -0.125. The van der Waals surface area contributed by atoms with Gasteiger partial charge in [-0.25, -0.2) is 0 Å². The zero-order valence-electron chi connectivity index (χ0n) is 10.1. The van der Waals surface area contributed by atoms with Crippen LogP contribution in [0.15, 0.2) is 0 Å². The van der Waals surface area contributed by atoms with Crippen molar-refractivity contribution < 1.29 is 9.53 Å². The number of ether oxygens (including phenoxy) is 1. The molecular weight excluding hydrogens is 188 g/mol. The van der Waals surface area contributed by atoms with Crippen LogP contribution in [-0.2, 0) is 9.53 Å². The first-order chi connectivity index (χ1) is 7.29. The zero-order valence-corrected chi connectivity index (χ0v) is 10.1. The number of carbonyl (C=O) groups excluding carboxylic acids is 1. The molecule has 2 atom stereocenters. The Labute approximate surface area is 93.4 Å². The second kappa shape index (κ2) is 7.00. The molecule has 0 aliphatic heterocycles. The summed E-state index contributed by atoms with van der Waals surface area (Å²) in [6.07, 6.45) is 7.71. The Kier molecular flexibility index (Phi) is 5.92. The summed E-state index contributed by atoms with van der Waals surface area (Å²) in [5.41, 5.74) is 0. The number of carbonyl (C=O) groups is 1. The van der Waals surface area contributed by atoms with Gasteiger partial charge >= 0.3 is 0 Å². The minimum Gasteiger partial charge on any atom is -0.385 e. The van der Waals surface area contributed by atoms with E-state index >= 15 is 0 Å². The van der Waals surface area contributed by atoms with Gasteiger partial charge in [0.05, 0.1) is 0 Å². The minimum absolute atomic E-state index is 0.342. The van der Waals surface area contributed by atoms with Crippen LogP contribution in [0, 0.1) is 11.8 Å². The summed E-state index contributed by atoms with van der Waals surface area (Å²) in [4.78, 5) is 11.9. The summed E-state index contributed by atoms with van der Waals surface area (Å²) in [5, 5.41) is 0. The molecule has 0 radical (unpaired) electrons. The van der Waals surface area contributed by atoms with Gasteiger partial charge in [0.15, 0.2) is 0 Å². The van der Waals surface area contributed by atoms with Crippen molar-refractivity contribution in [3.05, 3.63) is 0 Å². The number of Topliss-reactive ketones (excluding diaryl/α,β-unsaturated/α-hetero) is 1. The van der Waals surface area contributed by atoms with Crippen molar-refractivity contribution in [1.29, 1.82) is 0 Å². The lowest BCUT2D eigenvalue weighted by Gasteiger charge is -2.30. The highest BCUT2D eigenvalue weighted by Gasteiger charge is 2.29. The van der Waals surface area contributed by atoms with Gasteiger partial charge in [0.1, 0.15) is 5.78 Å². The van der Waals surface area contributed by atoms with Gasteiger partial charge in [0, 0.05) is 26.1 Å². The van der Waals surface area contributed by atoms with E-state index in [1.54, 1.807) is 7.11 Å². The fourth-order valence-corrected chi connectivity index (χ4v) is 2.68. The fourth-order valence-electron chi connectivity index (χ4n) is 2.68. The van der Waals surface area contributed by atoms with Crippen molar-refractivity contribution >= 4 is 5.78 Å². The quantitative estimate of drug-likeness (QED) is 0.676. The van der Waals surface area contributed by atoms with Crippen molar-refractivity contribution in [3.8, 4) is 0 Å². The van der Waals surface area contributed by atoms with Gasteiger partial charge in [-0.05, 0) is 31.6 Å². The summed E-state index contributed by atoms with van der Waals surface area (Å²) >= 11 is 0. The van der Waals surface area contributed by atoms with Gasteiger partial charge in [0.25, 0.3) is 0 Å². The zero-order chi connectivity index (χ0) is 11.1. The van der Waals surface area contributed by atoms with Crippen molar-refractivity contribution in [1.82, 2.24) is 0 Å². The topological polar surface area (TPSA) is 26.3 Å². The van der Waals surface area contributed by atoms with E-state index in [1.165, 1.54) is 19.3 Å². The third-order valence-corrected chi connectivity index (χ3v) is 3.51. The molecule has 2 unspecified atom stereocenters. The highest BCUT2D eigenvalue weighted by atomic mass is 16.5. The molecule has 0 spiro atoms. The highest BCUT2D eigenvalue weighted by molar-refractivity contribution is 5.81. The molecule has 0 N–H and O–H groups in total. The SMILES string of the molecule is CCCC(=O)C1CCCCC1CCOC. The molecule has 2 heteroatoms. The molecule has 15 heavy (non-hydrogen) atoms. The van der Waals surface area contributed by atoms with Gasteiger partial charge in [-0.2, -0.15) is 0 Å². The molecule has 1 saturated carbocycles. The molecule has 0 bridgehead atoms. The van der Waals surface area contributed by atoms with Crippen LogP contribution in [0.5, 0.6) is 0 Å². The predicted octanol–water partition coefficient (Wildman–Crippen LogP) is 3.20. The molecule has 0 amide bonds. The molecule has 1 aliphatic carbocycles. The van der Waals surface area contributed by atoms with E-state index in [4.69, 9.17) is 4.74 Å². The normalized spacial score (nSPS) is 26.5. The average molecular weight is 212 g/mol.